The molecule has 0 saturated carbocycles. The van der Waals surface area contributed by atoms with E-state index < -0.39 is 0 Å². The molecule has 130 valence electrons. The van der Waals surface area contributed by atoms with Crippen LogP contribution in [0.5, 0.6) is 5.88 Å². The molecule has 3 aromatic heterocycles. The Morgan fingerprint density at radius 2 is 2.12 bits per heavy atom. The second-order valence-electron chi connectivity index (χ2n) is 6.13. The van der Waals surface area contributed by atoms with Crippen LogP contribution in [0.4, 0.5) is 5.95 Å². The Morgan fingerprint density at radius 1 is 1.19 bits per heavy atom. The quantitative estimate of drug-likeness (QED) is 0.605. The molecule has 0 unspecified atom stereocenters. The number of aromatic nitrogens is 5. The van der Waals surface area contributed by atoms with Crippen molar-refractivity contribution >= 4 is 22.4 Å². The van der Waals surface area contributed by atoms with Gasteiger partial charge in [0, 0.05) is 11.8 Å². The average molecular weight is 348 g/mol. The molecule has 0 amide bonds. The number of fused-ring (bicyclic) bond motifs is 2. The van der Waals surface area contributed by atoms with Crippen LogP contribution < -0.4 is 10.1 Å². The molecular weight excluding hydrogens is 332 g/mol. The van der Waals surface area contributed by atoms with Crippen LogP contribution in [-0.2, 0) is 4.74 Å². The topological polar surface area (TPSA) is 86.5 Å². The van der Waals surface area contributed by atoms with Gasteiger partial charge in [0.15, 0.2) is 0 Å². The molecule has 1 aliphatic rings. The minimum atomic E-state index is 0.287. The summed E-state index contributed by atoms with van der Waals surface area (Å²) in [5.41, 5.74) is 3.84. The lowest BCUT2D eigenvalue weighted by Gasteiger charge is -2.26. The van der Waals surface area contributed by atoms with E-state index in [1.54, 1.807) is 7.11 Å². The van der Waals surface area contributed by atoms with Crippen LogP contribution in [0, 0.1) is 0 Å². The smallest absolute Gasteiger partial charge is 0.241 e. The van der Waals surface area contributed by atoms with E-state index in [4.69, 9.17) is 9.47 Å². The molecule has 1 aliphatic heterocycles. The van der Waals surface area contributed by atoms with Crippen LogP contribution in [0.15, 0.2) is 43.0 Å². The van der Waals surface area contributed by atoms with E-state index >= 15 is 0 Å². The van der Waals surface area contributed by atoms with Gasteiger partial charge in [-0.2, -0.15) is 0 Å². The first-order chi connectivity index (χ1) is 12.8. The molecule has 4 heterocycles. The van der Waals surface area contributed by atoms with Crippen molar-refractivity contribution in [3.8, 4) is 17.0 Å². The van der Waals surface area contributed by atoms with Gasteiger partial charge < -0.3 is 14.8 Å². The Kier molecular flexibility index (Phi) is 3.42. The molecule has 8 nitrogen and oxygen atoms in total. The van der Waals surface area contributed by atoms with Crippen LogP contribution in [-0.4, -0.2) is 50.9 Å². The van der Waals surface area contributed by atoms with Gasteiger partial charge in [-0.1, -0.05) is 6.07 Å². The van der Waals surface area contributed by atoms with Crippen molar-refractivity contribution in [2.24, 2.45) is 0 Å². The zero-order valence-electron chi connectivity index (χ0n) is 14.1. The normalized spacial score (nSPS) is 14.5. The number of anilines is 1. The van der Waals surface area contributed by atoms with E-state index in [1.807, 2.05) is 41.2 Å². The number of methoxy groups -OCH3 is 1. The average Bonchev–Trinajstić information content (AvgIpc) is 3.07. The van der Waals surface area contributed by atoms with Crippen LogP contribution in [0.25, 0.3) is 27.5 Å². The molecule has 1 fully saturated rings. The maximum absolute atomic E-state index is 5.36. The Morgan fingerprint density at radius 3 is 2.92 bits per heavy atom. The number of ether oxygens (including phenoxy) is 2. The SMILES string of the molecule is COc1ncnc2ccc(-c3ccn4nc(NC5COC5)ncc34)cc12. The van der Waals surface area contributed by atoms with E-state index in [2.05, 4.69) is 25.4 Å². The number of hydrogen-bond donors (Lipinski definition) is 1. The van der Waals surface area contributed by atoms with Gasteiger partial charge in [-0.3, -0.25) is 0 Å². The van der Waals surface area contributed by atoms with Gasteiger partial charge in [0.2, 0.25) is 11.8 Å². The van der Waals surface area contributed by atoms with Gasteiger partial charge in [0.25, 0.3) is 0 Å². The number of nitrogens with zero attached hydrogens (tertiary/aromatic N) is 5. The van der Waals surface area contributed by atoms with Gasteiger partial charge in [-0.05, 0) is 23.8 Å². The summed E-state index contributed by atoms with van der Waals surface area (Å²) < 4.78 is 12.3. The predicted molar refractivity (Wildman–Crippen MR) is 96.3 cm³/mol. The predicted octanol–water partition coefficient (Wildman–Crippen LogP) is 2.16. The number of rotatable bonds is 4. The molecule has 8 heteroatoms. The monoisotopic (exact) mass is 348 g/mol. The van der Waals surface area contributed by atoms with Crippen LogP contribution in [0.1, 0.15) is 0 Å². The molecule has 0 spiro atoms. The second kappa shape index (κ2) is 5.92. The summed E-state index contributed by atoms with van der Waals surface area (Å²) in [5, 5.41) is 8.66. The van der Waals surface area contributed by atoms with Crippen LogP contribution in [0.3, 0.4) is 0 Å². The Hall–Kier alpha value is -3.26. The standard InChI is InChI=1S/C18H16N6O2/c1-25-17-14-6-11(2-3-15(14)20-10-21-17)13-4-5-24-16(13)7-19-18(23-24)22-12-8-26-9-12/h2-7,10,12H,8-9H2,1H3,(H,22,23). The lowest BCUT2D eigenvalue weighted by atomic mass is 10.1. The van der Waals surface area contributed by atoms with Crippen LogP contribution >= 0.6 is 0 Å². The summed E-state index contributed by atoms with van der Waals surface area (Å²) in [6.45, 7) is 1.39. The summed E-state index contributed by atoms with van der Waals surface area (Å²) >= 11 is 0. The highest BCUT2D eigenvalue weighted by molar-refractivity contribution is 5.91. The molecule has 0 bridgehead atoms. The van der Waals surface area contributed by atoms with Gasteiger partial charge >= 0.3 is 0 Å². The molecule has 0 atom stereocenters. The Labute approximate surface area is 148 Å². The minimum Gasteiger partial charge on any atom is -0.480 e. The Balaban J connectivity index is 1.57. The van der Waals surface area contributed by atoms with Crippen molar-refractivity contribution in [1.29, 1.82) is 0 Å². The van der Waals surface area contributed by atoms with Crippen molar-refractivity contribution < 1.29 is 9.47 Å². The fourth-order valence-electron chi connectivity index (χ4n) is 3.08. The summed E-state index contributed by atoms with van der Waals surface area (Å²) in [6.07, 6.45) is 5.26. The molecule has 1 aromatic carbocycles. The summed E-state index contributed by atoms with van der Waals surface area (Å²) in [7, 11) is 1.61. The highest BCUT2D eigenvalue weighted by atomic mass is 16.5. The zero-order chi connectivity index (χ0) is 17.5. The first kappa shape index (κ1) is 15.0. The number of hydrogen-bond acceptors (Lipinski definition) is 7. The van der Waals surface area contributed by atoms with E-state index in [9.17, 15) is 0 Å². The largest absolute Gasteiger partial charge is 0.480 e. The Bertz CT molecular complexity index is 1110. The molecule has 5 rings (SSSR count). The third-order valence-electron chi connectivity index (χ3n) is 4.49. The number of nitrogens with one attached hydrogen (secondary N) is 1. The van der Waals surface area contributed by atoms with Crippen molar-refractivity contribution in [2.75, 3.05) is 25.6 Å². The lowest BCUT2D eigenvalue weighted by Crippen LogP contribution is -2.40. The van der Waals surface area contributed by atoms with E-state index in [-0.39, 0.29) is 6.04 Å². The van der Waals surface area contributed by atoms with Gasteiger partial charge in [0.1, 0.15) is 6.33 Å². The van der Waals surface area contributed by atoms with Crippen molar-refractivity contribution in [3.05, 3.63) is 43.0 Å². The first-order valence-electron chi connectivity index (χ1n) is 8.29. The fourth-order valence-corrected chi connectivity index (χ4v) is 3.08. The van der Waals surface area contributed by atoms with Crippen molar-refractivity contribution in [2.45, 2.75) is 6.04 Å². The summed E-state index contributed by atoms with van der Waals surface area (Å²) in [5.74, 6) is 1.16. The third-order valence-corrected chi connectivity index (χ3v) is 4.49. The van der Waals surface area contributed by atoms with Crippen molar-refractivity contribution in [1.82, 2.24) is 24.6 Å². The van der Waals surface area contributed by atoms with E-state index in [0.717, 1.165) is 27.5 Å². The molecule has 4 aromatic rings. The van der Waals surface area contributed by atoms with Crippen LogP contribution in [0.2, 0.25) is 0 Å². The maximum Gasteiger partial charge on any atom is 0.241 e. The molecule has 1 saturated heterocycles. The molecule has 0 radical (unpaired) electrons. The third kappa shape index (κ3) is 2.42. The van der Waals surface area contributed by atoms with Crippen molar-refractivity contribution in [3.63, 3.8) is 0 Å². The summed E-state index contributed by atoms with van der Waals surface area (Å²) in [6, 6.07) is 8.34. The fraction of sp³-hybridized carbons (Fsp3) is 0.222. The van der Waals surface area contributed by atoms with Gasteiger partial charge in [-0.15, -0.1) is 5.10 Å². The van der Waals surface area contributed by atoms with Gasteiger partial charge in [-0.25, -0.2) is 19.5 Å². The molecular formula is C18H16N6O2. The first-order valence-corrected chi connectivity index (χ1v) is 8.29. The van der Waals surface area contributed by atoms with E-state index in [0.29, 0.717) is 25.0 Å². The number of benzene rings is 1. The minimum absolute atomic E-state index is 0.287. The maximum atomic E-state index is 5.36. The molecule has 1 N–H and O–H groups in total. The summed E-state index contributed by atoms with van der Waals surface area (Å²) in [4.78, 5) is 12.9. The molecule has 26 heavy (non-hydrogen) atoms. The zero-order valence-corrected chi connectivity index (χ0v) is 14.1. The van der Waals surface area contributed by atoms with E-state index in [1.165, 1.54) is 6.33 Å². The highest BCUT2D eigenvalue weighted by Crippen LogP contribution is 2.30. The van der Waals surface area contributed by atoms with Gasteiger partial charge in [0.05, 0.1) is 49.0 Å². The highest BCUT2D eigenvalue weighted by Gasteiger charge is 2.19. The lowest BCUT2D eigenvalue weighted by molar-refractivity contribution is 0.0207. The molecule has 0 aliphatic carbocycles. The second-order valence-corrected chi connectivity index (χ2v) is 6.13.